The van der Waals surface area contributed by atoms with Crippen molar-refractivity contribution in [1.82, 2.24) is 0 Å². The molecule has 0 saturated heterocycles. The molecule has 0 aliphatic carbocycles. The Hall–Kier alpha value is -2.46. The number of hydrogen-bond acceptors (Lipinski definition) is 3. The lowest BCUT2D eigenvalue weighted by atomic mass is 10.0. The topological polar surface area (TPSA) is 69.1 Å². The highest BCUT2D eigenvalue weighted by atomic mass is 32.2. The van der Waals surface area contributed by atoms with Crippen LogP contribution >= 0.6 is 10.9 Å². The summed E-state index contributed by atoms with van der Waals surface area (Å²) in [5.41, 5.74) is 14.6. The molecule has 0 bridgehead atoms. The number of nitrogens with two attached hydrogens (primary N) is 2. The highest BCUT2D eigenvalue weighted by molar-refractivity contribution is 8.22. The lowest BCUT2D eigenvalue weighted by Gasteiger charge is -2.17. The van der Waals surface area contributed by atoms with Crippen molar-refractivity contribution >= 4 is 28.1 Å². The number of allylic oxidation sites excluding steroid dienone is 2. The van der Waals surface area contributed by atoms with E-state index >= 15 is 0 Å². The lowest BCUT2D eigenvalue weighted by molar-refractivity contribution is 0.103. The zero-order valence-electron chi connectivity index (χ0n) is 11.4. The molecule has 0 atom stereocenters. The first kappa shape index (κ1) is 13.5. The van der Waals surface area contributed by atoms with E-state index in [9.17, 15) is 4.79 Å². The summed E-state index contributed by atoms with van der Waals surface area (Å²) in [5.74, 6) is -0.0640. The van der Waals surface area contributed by atoms with E-state index in [2.05, 4.69) is 10.8 Å². The largest absolute Gasteiger partial charge is 0.398 e. The van der Waals surface area contributed by atoms with Gasteiger partial charge in [0.25, 0.3) is 0 Å². The number of nitrogen functional groups attached to an aromatic ring is 2. The quantitative estimate of drug-likeness (QED) is 0.461. The molecule has 0 spiro atoms. The van der Waals surface area contributed by atoms with Crippen molar-refractivity contribution in [2.24, 2.45) is 0 Å². The van der Waals surface area contributed by atoms with Crippen molar-refractivity contribution in [2.75, 3.05) is 11.5 Å². The third kappa shape index (κ3) is 2.58. The van der Waals surface area contributed by atoms with Gasteiger partial charge in [0.05, 0.1) is 0 Å². The molecule has 4 heteroatoms. The molecule has 1 aliphatic heterocycles. The Morgan fingerprint density at radius 2 is 1.43 bits per heavy atom. The molecule has 0 aromatic heterocycles. The van der Waals surface area contributed by atoms with Gasteiger partial charge >= 0.3 is 0 Å². The van der Waals surface area contributed by atoms with Crippen molar-refractivity contribution in [3.63, 3.8) is 0 Å². The molecule has 2 aromatic rings. The summed E-state index contributed by atoms with van der Waals surface area (Å²) in [4.78, 5) is 13.4. The maximum absolute atomic E-state index is 12.4. The van der Waals surface area contributed by atoms with Crippen molar-refractivity contribution in [3.05, 3.63) is 76.6 Å². The lowest BCUT2D eigenvalue weighted by Crippen LogP contribution is -2.05. The first-order valence-corrected chi connectivity index (χ1v) is 8.07. The fourth-order valence-electron chi connectivity index (χ4n) is 2.35. The second-order valence-corrected chi connectivity index (χ2v) is 6.65. The summed E-state index contributed by atoms with van der Waals surface area (Å²) in [7, 11) is -0.590. The Morgan fingerprint density at radius 1 is 0.857 bits per heavy atom. The summed E-state index contributed by atoms with van der Waals surface area (Å²) in [6, 6.07) is 12.6. The Kier molecular flexibility index (Phi) is 3.54. The van der Waals surface area contributed by atoms with E-state index in [1.54, 1.807) is 24.3 Å². The molecule has 0 saturated carbocycles. The third-order valence-electron chi connectivity index (χ3n) is 3.33. The molecule has 1 aliphatic rings. The summed E-state index contributed by atoms with van der Waals surface area (Å²) in [6.45, 7) is 0. The molecule has 0 fully saturated rings. The van der Waals surface area contributed by atoms with Gasteiger partial charge in [0.2, 0.25) is 0 Å². The monoisotopic (exact) mass is 296 g/mol. The van der Waals surface area contributed by atoms with Crippen LogP contribution in [0.4, 0.5) is 11.4 Å². The van der Waals surface area contributed by atoms with Crippen LogP contribution < -0.4 is 11.5 Å². The molecular weight excluding hydrogens is 280 g/mol. The SMILES string of the molecule is Nc1cc(C(=O)c2ccccc2)cc(N)c1[SH]1C=CC=C1. The van der Waals surface area contributed by atoms with Crippen LogP contribution in [0.5, 0.6) is 0 Å². The highest BCUT2D eigenvalue weighted by Crippen LogP contribution is 2.48. The number of carbonyl (C=O) groups is 1. The maximum atomic E-state index is 12.4. The van der Waals surface area contributed by atoms with Gasteiger partial charge in [-0.15, -0.1) is 0 Å². The van der Waals surface area contributed by atoms with Crippen LogP contribution in [-0.4, -0.2) is 5.78 Å². The molecule has 4 N–H and O–H groups in total. The fourth-order valence-corrected chi connectivity index (χ4v) is 4.04. The van der Waals surface area contributed by atoms with Gasteiger partial charge in [0.1, 0.15) is 0 Å². The van der Waals surface area contributed by atoms with Crippen LogP contribution in [0.15, 0.2) is 70.3 Å². The zero-order valence-corrected chi connectivity index (χ0v) is 12.3. The zero-order chi connectivity index (χ0) is 14.8. The van der Waals surface area contributed by atoms with E-state index in [0.29, 0.717) is 22.5 Å². The molecule has 3 nitrogen and oxygen atoms in total. The minimum Gasteiger partial charge on any atom is -0.398 e. The molecule has 2 aromatic carbocycles. The number of ketones is 1. The van der Waals surface area contributed by atoms with Crippen LogP contribution in [0.3, 0.4) is 0 Å². The Bertz CT molecular complexity index is 716. The van der Waals surface area contributed by atoms with Gasteiger partial charge in [-0.1, -0.05) is 42.5 Å². The average molecular weight is 296 g/mol. The average Bonchev–Trinajstić information content (AvgIpc) is 3.00. The predicted octanol–water partition coefficient (Wildman–Crippen LogP) is 3.48. The Balaban J connectivity index is 2.01. The van der Waals surface area contributed by atoms with Gasteiger partial charge in [-0.3, -0.25) is 4.79 Å². The van der Waals surface area contributed by atoms with Crippen LogP contribution in [0.25, 0.3) is 0 Å². The normalized spacial score (nSPS) is 14.6. The first-order chi connectivity index (χ1) is 10.2. The van der Waals surface area contributed by atoms with E-state index in [-0.39, 0.29) is 5.78 Å². The Morgan fingerprint density at radius 3 is 2.00 bits per heavy atom. The summed E-state index contributed by atoms with van der Waals surface area (Å²) < 4.78 is 0. The number of rotatable bonds is 3. The van der Waals surface area contributed by atoms with Crippen LogP contribution in [0.1, 0.15) is 15.9 Å². The number of thiol groups is 1. The molecular formula is C17H16N2OS. The molecule has 0 amide bonds. The summed E-state index contributed by atoms with van der Waals surface area (Å²) in [6.07, 6.45) is 3.99. The molecule has 3 rings (SSSR count). The molecule has 0 unspecified atom stereocenters. The van der Waals surface area contributed by atoms with E-state index in [1.165, 1.54) is 0 Å². The van der Waals surface area contributed by atoms with E-state index < -0.39 is 10.9 Å². The van der Waals surface area contributed by atoms with Crippen LogP contribution in [0.2, 0.25) is 0 Å². The van der Waals surface area contributed by atoms with Gasteiger partial charge in [-0.2, -0.15) is 10.9 Å². The number of hydrogen-bond donors (Lipinski definition) is 3. The van der Waals surface area contributed by atoms with Gasteiger partial charge in [-0.25, -0.2) is 0 Å². The van der Waals surface area contributed by atoms with Crippen molar-refractivity contribution < 1.29 is 4.79 Å². The van der Waals surface area contributed by atoms with E-state index in [0.717, 1.165) is 4.90 Å². The first-order valence-electron chi connectivity index (χ1n) is 6.59. The smallest absolute Gasteiger partial charge is 0.193 e. The van der Waals surface area contributed by atoms with Gasteiger partial charge in [0, 0.05) is 27.4 Å². The number of benzene rings is 2. The van der Waals surface area contributed by atoms with Crippen LogP contribution in [0, 0.1) is 0 Å². The molecule has 21 heavy (non-hydrogen) atoms. The van der Waals surface area contributed by atoms with E-state index in [1.807, 2.05) is 30.4 Å². The molecule has 1 heterocycles. The van der Waals surface area contributed by atoms with Crippen molar-refractivity contribution in [1.29, 1.82) is 0 Å². The summed E-state index contributed by atoms with van der Waals surface area (Å²) in [5, 5.41) is 4.19. The summed E-state index contributed by atoms with van der Waals surface area (Å²) >= 11 is 0. The van der Waals surface area contributed by atoms with Crippen molar-refractivity contribution in [3.8, 4) is 0 Å². The fraction of sp³-hybridized carbons (Fsp3) is 0. The van der Waals surface area contributed by atoms with Gasteiger partial charge in [-0.05, 0) is 22.9 Å². The van der Waals surface area contributed by atoms with Crippen molar-refractivity contribution in [2.45, 2.75) is 4.90 Å². The Labute approximate surface area is 126 Å². The number of anilines is 2. The maximum Gasteiger partial charge on any atom is 0.193 e. The van der Waals surface area contributed by atoms with Gasteiger partial charge < -0.3 is 11.5 Å². The second kappa shape index (κ2) is 5.50. The minimum atomic E-state index is -0.590. The van der Waals surface area contributed by atoms with Crippen LogP contribution in [-0.2, 0) is 0 Å². The number of carbonyl (C=O) groups excluding carboxylic acids is 1. The second-order valence-electron chi connectivity index (χ2n) is 4.79. The molecule has 0 radical (unpaired) electrons. The molecule has 106 valence electrons. The highest BCUT2D eigenvalue weighted by Gasteiger charge is 2.16. The predicted molar refractivity (Wildman–Crippen MR) is 90.7 cm³/mol. The van der Waals surface area contributed by atoms with Gasteiger partial charge in [0.15, 0.2) is 5.78 Å². The van der Waals surface area contributed by atoms with E-state index in [4.69, 9.17) is 11.5 Å². The standard InChI is InChI=1S/C17H16N2OS/c18-14-10-13(16(20)12-6-2-1-3-7-12)11-15(19)17(14)21-8-4-5-9-21/h1-11,21H,18-19H2. The minimum absolute atomic E-state index is 0.0640. The third-order valence-corrected chi connectivity index (χ3v) is 5.35.